The highest BCUT2D eigenvalue weighted by Crippen LogP contribution is 2.37. The summed E-state index contributed by atoms with van der Waals surface area (Å²) < 4.78 is 1.28. The zero-order chi connectivity index (χ0) is 18.6. The Balaban J connectivity index is 1.44. The molecule has 1 fully saturated rings. The van der Waals surface area contributed by atoms with Crippen molar-refractivity contribution in [3.63, 3.8) is 0 Å². The lowest BCUT2D eigenvalue weighted by atomic mass is 9.96. The number of amides is 1. The molecule has 27 heavy (non-hydrogen) atoms. The van der Waals surface area contributed by atoms with Gasteiger partial charge in [-0.3, -0.25) is 9.59 Å². The fourth-order valence-corrected chi connectivity index (χ4v) is 4.67. The van der Waals surface area contributed by atoms with Crippen molar-refractivity contribution in [1.82, 2.24) is 20.3 Å². The molecule has 1 amide bonds. The molecule has 1 aromatic carbocycles. The molecule has 0 radical (unpaired) electrons. The molecule has 1 saturated carbocycles. The lowest BCUT2D eigenvalue weighted by molar-refractivity contribution is -0.122. The van der Waals surface area contributed by atoms with Crippen molar-refractivity contribution in [3.05, 3.63) is 57.0 Å². The first-order chi connectivity index (χ1) is 13.2. The third-order valence-electron chi connectivity index (χ3n) is 5.22. The Bertz CT molecular complexity index is 977. The Labute approximate surface area is 161 Å². The Morgan fingerprint density at radius 2 is 2.04 bits per heavy atom. The Morgan fingerprint density at radius 1 is 1.22 bits per heavy atom. The van der Waals surface area contributed by atoms with Gasteiger partial charge in [0.15, 0.2) is 0 Å². The third kappa shape index (κ3) is 3.93. The predicted molar refractivity (Wildman–Crippen MR) is 106 cm³/mol. The van der Waals surface area contributed by atoms with E-state index in [2.05, 4.69) is 21.7 Å². The molecule has 1 aliphatic rings. The number of benzene rings is 1. The first kappa shape index (κ1) is 17.9. The number of nitrogens with one attached hydrogen (secondary N) is 1. The van der Waals surface area contributed by atoms with Crippen LogP contribution in [0, 0.1) is 5.92 Å². The molecule has 1 aliphatic carbocycles. The molecule has 0 unspecified atom stereocenters. The van der Waals surface area contributed by atoms with Gasteiger partial charge < -0.3 is 5.32 Å². The van der Waals surface area contributed by atoms with Gasteiger partial charge in [-0.05, 0) is 42.3 Å². The van der Waals surface area contributed by atoms with Crippen molar-refractivity contribution >= 4 is 28.1 Å². The minimum atomic E-state index is -0.209. The van der Waals surface area contributed by atoms with Crippen LogP contribution in [-0.2, 0) is 11.3 Å². The van der Waals surface area contributed by atoms with Crippen LogP contribution in [-0.4, -0.2) is 20.9 Å². The number of carbonyl (C=O) groups is 1. The molecule has 140 valence electrons. The van der Waals surface area contributed by atoms with E-state index < -0.39 is 0 Å². The summed E-state index contributed by atoms with van der Waals surface area (Å²) in [4.78, 5) is 26.3. The number of fused-ring (bicyclic) bond motifs is 1. The summed E-state index contributed by atoms with van der Waals surface area (Å²) in [5, 5.41) is 13.8. The van der Waals surface area contributed by atoms with Crippen LogP contribution in [0.4, 0.5) is 0 Å². The largest absolute Gasteiger partial charge is 0.348 e. The lowest BCUT2D eigenvalue weighted by Crippen LogP contribution is -2.34. The van der Waals surface area contributed by atoms with Gasteiger partial charge in [-0.1, -0.05) is 36.3 Å². The van der Waals surface area contributed by atoms with Crippen LogP contribution in [0.15, 0.2) is 46.6 Å². The number of aryl methyl sites for hydroxylation is 1. The fraction of sp³-hybridized carbons (Fsp3) is 0.400. The molecule has 6 nitrogen and oxygen atoms in total. The Kier molecular flexibility index (Phi) is 5.29. The fourth-order valence-electron chi connectivity index (χ4n) is 3.80. The van der Waals surface area contributed by atoms with Crippen LogP contribution >= 0.6 is 11.3 Å². The van der Waals surface area contributed by atoms with Crippen molar-refractivity contribution in [2.45, 2.75) is 44.7 Å². The third-order valence-corrected chi connectivity index (χ3v) is 6.17. The van der Waals surface area contributed by atoms with E-state index in [0.29, 0.717) is 16.8 Å². The predicted octanol–water partition coefficient (Wildman–Crippen LogP) is 3.29. The molecule has 0 bridgehead atoms. The molecule has 0 saturated heterocycles. The molecule has 0 aliphatic heterocycles. The topological polar surface area (TPSA) is 76.9 Å². The number of hydrogen-bond donors (Lipinski definition) is 1. The van der Waals surface area contributed by atoms with Crippen LogP contribution in [0.2, 0.25) is 0 Å². The van der Waals surface area contributed by atoms with Gasteiger partial charge in [-0.2, -0.15) is 0 Å². The van der Waals surface area contributed by atoms with E-state index in [9.17, 15) is 9.59 Å². The van der Waals surface area contributed by atoms with Gasteiger partial charge in [0, 0.05) is 11.3 Å². The number of carbonyl (C=O) groups excluding carboxylic acids is 1. The number of aromatic nitrogens is 3. The molecule has 7 heteroatoms. The van der Waals surface area contributed by atoms with E-state index in [1.165, 1.54) is 22.4 Å². The van der Waals surface area contributed by atoms with Crippen LogP contribution in [0.3, 0.4) is 0 Å². The molecule has 4 rings (SSSR count). The Hall–Kier alpha value is -2.54. The second-order valence-corrected chi connectivity index (χ2v) is 7.97. The SMILES string of the molecule is O=C(CCn1nnc2ccccc2c1=O)N[C@H](c1cccs1)C1CCCC1. The summed E-state index contributed by atoms with van der Waals surface area (Å²) in [6.45, 7) is 0.227. The maximum Gasteiger partial charge on any atom is 0.277 e. The zero-order valence-electron chi connectivity index (χ0n) is 15.0. The van der Waals surface area contributed by atoms with Crippen LogP contribution in [0.1, 0.15) is 43.0 Å². The highest BCUT2D eigenvalue weighted by Gasteiger charge is 2.28. The first-order valence-corrected chi connectivity index (χ1v) is 10.3. The molecule has 2 aromatic heterocycles. The molecule has 0 spiro atoms. The molecule has 3 aromatic rings. The summed E-state index contributed by atoms with van der Waals surface area (Å²) in [7, 11) is 0. The highest BCUT2D eigenvalue weighted by atomic mass is 32.1. The average Bonchev–Trinajstić information content (AvgIpc) is 3.40. The average molecular weight is 382 g/mol. The summed E-state index contributed by atoms with van der Waals surface area (Å²) in [6, 6.07) is 11.3. The van der Waals surface area contributed by atoms with Gasteiger partial charge in [0.05, 0.1) is 18.0 Å². The van der Waals surface area contributed by atoms with Gasteiger partial charge >= 0.3 is 0 Å². The summed E-state index contributed by atoms with van der Waals surface area (Å²) in [6.07, 6.45) is 4.97. The number of thiophene rings is 1. The van der Waals surface area contributed by atoms with Crippen molar-refractivity contribution in [2.75, 3.05) is 0 Å². The molecular weight excluding hydrogens is 360 g/mol. The van der Waals surface area contributed by atoms with Gasteiger partial charge in [-0.25, -0.2) is 4.68 Å². The molecular formula is C20H22N4O2S. The van der Waals surface area contributed by atoms with Gasteiger partial charge in [0.25, 0.3) is 5.56 Å². The molecule has 2 heterocycles. The van der Waals surface area contributed by atoms with Crippen LogP contribution in [0.5, 0.6) is 0 Å². The van der Waals surface area contributed by atoms with E-state index in [1.54, 1.807) is 29.5 Å². The minimum Gasteiger partial charge on any atom is -0.348 e. The summed E-state index contributed by atoms with van der Waals surface area (Å²) in [5.74, 6) is 0.443. The van der Waals surface area contributed by atoms with Crippen molar-refractivity contribution < 1.29 is 4.79 Å². The Morgan fingerprint density at radius 3 is 2.81 bits per heavy atom. The van der Waals surface area contributed by atoms with E-state index in [1.807, 2.05) is 17.5 Å². The smallest absolute Gasteiger partial charge is 0.277 e. The van der Waals surface area contributed by atoms with Crippen LogP contribution in [0.25, 0.3) is 10.9 Å². The van der Waals surface area contributed by atoms with Crippen molar-refractivity contribution in [3.8, 4) is 0 Å². The maximum absolute atomic E-state index is 12.6. The van der Waals surface area contributed by atoms with Gasteiger partial charge in [0.2, 0.25) is 5.91 Å². The van der Waals surface area contributed by atoms with Crippen LogP contribution < -0.4 is 10.9 Å². The summed E-state index contributed by atoms with van der Waals surface area (Å²) in [5.41, 5.74) is 0.362. The second-order valence-electron chi connectivity index (χ2n) is 6.99. The van der Waals surface area contributed by atoms with Gasteiger partial charge in [0.1, 0.15) is 5.52 Å². The lowest BCUT2D eigenvalue weighted by Gasteiger charge is -2.23. The zero-order valence-corrected chi connectivity index (χ0v) is 15.8. The van der Waals surface area contributed by atoms with E-state index in [0.717, 1.165) is 12.8 Å². The van der Waals surface area contributed by atoms with E-state index in [-0.39, 0.29) is 30.5 Å². The van der Waals surface area contributed by atoms with Crippen molar-refractivity contribution in [1.29, 1.82) is 0 Å². The van der Waals surface area contributed by atoms with Gasteiger partial charge in [-0.15, -0.1) is 16.4 Å². The van der Waals surface area contributed by atoms with Crippen molar-refractivity contribution in [2.24, 2.45) is 5.92 Å². The summed E-state index contributed by atoms with van der Waals surface area (Å²) >= 11 is 1.69. The second kappa shape index (κ2) is 8.00. The monoisotopic (exact) mass is 382 g/mol. The standard InChI is InChI=1S/C20H22N4O2S/c25-18(21-19(14-6-1-2-7-14)17-10-5-13-27-17)11-12-24-20(26)15-8-3-4-9-16(15)22-23-24/h3-5,8-10,13-14,19H,1-2,6-7,11-12H2,(H,21,25)/t19-/m0/s1. The quantitative estimate of drug-likeness (QED) is 0.710. The number of hydrogen-bond acceptors (Lipinski definition) is 5. The van der Waals surface area contributed by atoms with E-state index in [4.69, 9.17) is 0 Å². The van der Waals surface area contributed by atoms with E-state index >= 15 is 0 Å². The number of rotatable bonds is 6. The normalized spacial score (nSPS) is 15.9. The first-order valence-electron chi connectivity index (χ1n) is 9.37. The molecule has 1 N–H and O–H groups in total. The maximum atomic E-state index is 12.6. The minimum absolute atomic E-state index is 0.0536. The molecule has 1 atom stereocenters. The highest BCUT2D eigenvalue weighted by molar-refractivity contribution is 7.10. The number of nitrogens with zero attached hydrogens (tertiary/aromatic N) is 3.